The molecule has 1 aliphatic rings. The molecule has 1 aliphatic heterocycles. The molecule has 0 radical (unpaired) electrons. The Bertz CT molecular complexity index is 1440. The summed E-state index contributed by atoms with van der Waals surface area (Å²) in [5.41, 5.74) is 4.03. The van der Waals surface area contributed by atoms with Crippen LogP contribution < -0.4 is 15.4 Å². The first-order valence-electron chi connectivity index (χ1n) is 13.3. The molecule has 1 saturated heterocycles. The molecule has 9 nitrogen and oxygen atoms in total. The molecule has 0 spiro atoms. The number of rotatable bonds is 11. The third kappa shape index (κ3) is 7.07. The number of pyridine rings is 1. The third-order valence-corrected chi connectivity index (χ3v) is 7.08. The van der Waals surface area contributed by atoms with Gasteiger partial charge in [-0.1, -0.05) is 23.7 Å². The minimum Gasteiger partial charge on any atom is -0.484 e. The molecule has 2 aromatic carbocycles. The van der Waals surface area contributed by atoms with Crippen molar-refractivity contribution in [1.29, 1.82) is 0 Å². The molecule has 40 heavy (non-hydrogen) atoms. The van der Waals surface area contributed by atoms with E-state index in [1.54, 1.807) is 6.20 Å². The van der Waals surface area contributed by atoms with Gasteiger partial charge in [-0.05, 0) is 62.5 Å². The number of likely N-dealkylation sites (tertiary alicyclic amines) is 1. The number of fused-ring (bicyclic) bond motifs is 1. The third-order valence-electron chi connectivity index (χ3n) is 6.79. The van der Waals surface area contributed by atoms with Crippen LogP contribution in [-0.4, -0.2) is 83.6 Å². The van der Waals surface area contributed by atoms with Crippen molar-refractivity contribution >= 4 is 34.4 Å². The van der Waals surface area contributed by atoms with Gasteiger partial charge in [0.2, 0.25) is 0 Å². The Morgan fingerprint density at radius 2 is 1.98 bits per heavy atom. The highest BCUT2D eigenvalue weighted by Gasteiger charge is 2.24. The van der Waals surface area contributed by atoms with Crippen LogP contribution in [0.5, 0.6) is 5.75 Å². The van der Waals surface area contributed by atoms with Crippen molar-refractivity contribution in [1.82, 2.24) is 30.1 Å². The minimum atomic E-state index is -0.222. The van der Waals surface area contributed by atoms with Gasteiger partial charge in [0.1, 0.15) is 22.9 Å². The quantitative estimate of drug-likeness (QED) is 0.251. The Balaban J connectivity index is 1.21. The van der Waals surface area contributed by atoms with Gasteiger partial charge >= 0.3 is 0 Å². The van der Waals surface area contributed by atoms with Gasteiger partial charge in [0.25, 0.3) is 5.91 Å². The second kappa shape index (κ2) is 12.6. The van der Waals surface area contributed by atoms with Crippen molar-refractivity contribution in [2.45, 2.75) is 19.0 Å². The SMILES string of the molecule is CN(C)CCNC(=O)COc1ccc(-c2nc3ncc(Cl)c(N[C@@H]4CCN(Cc5ccc(F)cc5)C4)c3[nH]2)cc1. The van der Waals surface area contributed by atoms with Crippen molar-refractivity contribution < 1.29 is 13.9 Å². The second-order valence-electron chi connectivity index (χ2n) is 10.2. The minimum absolute atomic E-state index is 0.0443. The molecule has 2 aromatic heterocycles. The summed E-state index contributed by atoms with van der Waals surface area (Å²) in [4.78, 5) is 28.8. The van der Waals surface area contributed by atoms with E-state index in [1.807, 2.05) is 55.4 Å². The van der Waals surface area contributed by atoms with E-state index in [0.717, 1.165) is 54.9 Å². The zero-order valence-electron chi connectivity index (χ0n) is 22.6. The van der Waals surface area contributed by atoms with Crippen LogP contribution in [0.15, 0.2) is 54.7 Å². The summed E-state index contributed by atoms with van der Waals surface area (Å²) in [6.07, 6.45) is 2.57. The fraction of sp³-hybridized carbons (Fsp3) is 0.345. The van der Waals surface area contributed by atoms with Crippen molar-refractivity contribution in [2.75, 3.05) is 52.2 Å². The maximum atomic E-state index is 13.2. The maximum Gasteiger partial charge on any atom is 0.257 e. The van der Waals surface area contributed by atoms with E-state index in [9.17, 15) is 9.18 Å². The van der Waals surface area contributed by atoms with Crippen LogP contribution in [0.4, 0.5) is 10.1 Å². The van der Waals surface area contributed by atoms with Crippen LogP contribution in [0.3, 0.4) is 0 Å². The monoisotopic (exact) mass is 565 g/mol. The Hall–Kier alpha value is -3.73. The average molecular weight is 566 g/mol. The van der Waals surface area contributed by atoms with Crippen LogP contribution in [0.2, 0.25) is 5.02 Å². The summed E-state index contributed by atoms with van der Waals surface area (Å²) in [5, 5.41) is 6.94. The largest absolute Gasteiger partial charge is 0.484 e. The molecule has 0 saturated carbocycles. The Labute approximate surface area is 237 Å². The molecule has 11 heteroatoms. The summed E-state index contributed by atoms with van der Waals surface area (Å²) in [6, 6.07) is 14.2. The Morgan fingerprint density at radius 1 is 1.20 bits per heavy atom. The number of benzene rings is 2. The van der Waals surface area contributed by atoms with Crippen molar-refractivity contribution in [3.63, 3.8) is 0 Å². The first-order chi connectivity index (χ1) is 19.3. The number of H-pyrrole nitrogens is 1. The number of amides is 1. The molecular formula is C29H33ClFN7O2. The van der Waals surface area contributed by atoms with E-state index in [-0.39, 0.29) is 24.4 Å². The molecule has 0 aliphatic carbocycles. The maximum absolute atomic E-state index is 13.2. The average Bonchev–Trinajstić information content (AvgIpc) is 3.57. The highest BCUT2D eigenvalue weighted by atomic mass is 35.5. The van der Waals surface area contributed by atoms with E-state index in [0.29, 0.717) is 28.8 Å². The van der Waals surface area contributed by atoms with Crippen LogP contribution in [0.25, 0.3) is 22.6 Å². The first-order valence-corrected chi connectivity index (χ1v) is 13.6. The first kappa shape index (κ1) is 27.8. The smallest absolute Gasteiger partial charge is 0.257 e. The Morgan fingerprint density at radius 3 is 2.73 bits per heavy atom. The number of aromatic nitrogens is 3. The van der Waals surface area contributed by atoms with Gasteiger partial charge in [0.05, 0.1) is 16.9 Å². The number of aromatic amines is 1. The van der Waals surface area contributed by atoms with Crippen LogP contribution in [0, 0.1) is 5.82 Å². The standard InChI is InChI=1S/C29H33ClFN7O2/c1-37(2)14-12-32-25(39)18-40-23-9-5-20(6-10-23)28-35-27-26(24(30)15-33-29(27)36-28)34-22-11-13-38(17-22)16-19-3-7-21(31)8-4-19/h3-10,15,22H,11-14,16-18H2,1-2H3,(H,32,39)(H2,33,34,35,36)/t22-/m1/s1. The lowest BCUT2D eigenvalue weighted by Gasteiger charge is -2.18. The van der Waals surface area contributed by atoms with E-state index in [4.69, 9.17) is 16.3 Å². The van der Waals surface area contributed by atoms with Crippen molar-refractivity contribution in [3.05, 3.63) is 71.1 Å². The number of nitrogens with zero attached hydrogens (tertiary/aromatic N) is 4. The topological polar surface area (TPSA) is 98.4 Å². The number of carbonyl (C=O) groups excluding carboxylic acids is 1. The lowest BCUT2D eigenvalue weighted by molar-refractivity contribution is -0.123. The van der Waals surface area contributed by atoms with Gasteiger partial charge < -0.3 is 25.3 Å². The fourth-order valence-electron chi connectivity index (χ4n) is 4.69. The van der Waals surface area contributed by atoms with Crippen molar-refractivity contribution in [3.8, 4) is 17.1 Å². The highest BCUT2D eigenvalue weighted by Crippen LogP contribution is 2.32. The van der Waals surface area contributed by atoms with Gasteiger partial charge in [0, 0.05) is 44.3 Å². The zero-order chi connectivity index (χ0) is 28.1. The highest BCUT2D eigenvalue weighted by molar-refractivity contribution is 6.34. The predicted octanol–water partition coefficient (Wildman–Crippen LogP) is 4.16. The van der Waals surface area contributed by atoms with Gasteiger partial charge in [-0.2, -0.15) is 0 Å². The lowest BCUT2D eigenvalue weighted by atomic mass is 10.2. The van der Waals surface area contributed by atoms with E-state index < -0.39 is 0 Å². The molecule has 3 N–H and O–H groups in total. The zero-order valence-corrected chi connectivity index (χ0v) is 23.3. The number of carbonyl (C=O) groups is 1. The van der Waals surface area contributed by atoms with E-state index >= 15 is 0 Å². The number of halogens is 2. The molecule has 1 atom stereocenters. The number of imidazole rings is 1. The number of ether oxygens (including phenoxy) is 1. The van der Waals surface area contributed by atoms with Gasteiger partial charge in [0.15, 0.2) is 12.3 Å². The summed E-state index contributed by atoms with van der Waals surface area (Å²) in [5.74, 6) is 0.870. The van der Waals surface area contributed by atoms with Gasteiger partial charge in [-0.3, -0.25) is 9.69 Å². The number of anilines is 1. The summed E-state index contributed by atoms with van der Waals surface area (Å²) < 4.78 is 18.9. The summed E-state index contributed by atoms with van der Waals surface area (Å²) in [6.45, 7) is 3.84. The number of likely N-dealkylation sites (N-methyl/N-ethyl adjacent to an activating group) is 1. The molecule has 0 unspecified atom stereocenters. The normalized spacial score (nSPS) is 15.6. The number of hydrogen-bond donors (Lipinski definition) is 3. The molecule has 210 valence electrons. The van der Waals surface area contributed by atoms with Gasteiger partial charge in [-0.25, -0.2) is 14.4 Å². The number of nitrogens with one attached hydrogen (secondary N) is 3. The van der Waals surface area contributed by atoms with Crippen LogP contribution in [-0.2, 0) is 11.3 Å². The summed E-state index contributed by atoms with van der Waals surface area (Å²) >= 11 is 6.57. The number of hydrogen-bond acceptors (Lipinski definition) is 7. The van der Waals surface area contributed by atoms with E-state index in [2.05, 4.69) is 30.5 Å². The molecular weight excluding hydrogens is 533 g/mol. The molecule has 4 aromatic rings. The van der Waals surface area contributed by atoms with Crippen LogP contribution >= 0.6 is 11.6 Å². The van der Waals surface area contributed by atoms with Gasteiger partial charge in [-0.15, -0.1) is 0 Å². The summed E-state index contributed by atoms with van der Waals surface area (Å²) in [7, 11) is 3.91. The fourth-order valence-corrected chi connectivity index (χ4v) is 4.88. The molecule has 5 rings (SSSR count). The Kier molecular flexibility index (Phi) is 8.78. The molecule has 1 amide bonds. The van der Waals surface area contributed by atoms with E-state index in [1.165, 1.54) is 12.1 Å². The lowest BCUT2D eigenvalue weighted by Crippen LogP contribution is -2.34. The predicted molar refractivity (Wildman–Crippen MR) is 155 cm³/mol. The molecule has 1 fully saturated rings. The molecule has 3 heterocycles. The second-order valence-corrected chi connectivity index (χ2v) is 10.6. The van der Waals surface area contributed by atoms with Crippen molar-refractivity contribution in [2.24, 2.45) is 0 Å². The molecule has 0 bridgehead atoms. The van der Waals surface area contributed by atoms with Crippen LogP contribution in [0.1, 0.15) is 12.0 Å².